The first-order valence-electron chi connectivity index (χ1n) is 8.55. The van der Waals surface area contributed by atoms with E-state index in [-0.39, 0.29) is 5.91 Å². The standard InChI is InChI=1S/C21H22N2O2/c1-16-19(23-21(25-16)18-10-6-3-7-11-18)14-15-22-20(24)13-12-17-8-4-2-5-9-17/h2-11H,12-15H2,1H3,(H,22,24). The van der Waals surface area contributed by atoms with Crippen molar-refractivity contribution >= 4 is 5.91 Å². The van der Waals surface area contributed by atoms with Gasteiger partial charge in [0.05, 0.1) is 5.69 Å². The van der Waals surface area contributed by atoms with Crippen molar-refractivity contribution in [1.82, 2.24) is 10.3 Å². The molecule has 1 heterocycles. The molecule has 3 aromatic rings. The summed E-state index contributed by atoms with van der Waals surface area (Å²) < 4.78 is 5.74. The summed E-state index contributed by atoms with van der Waals surface area (Å²) in [5, 5.41) is 2.96. The monoisotopic (exact) mass is 334 g/mol. The Morgan fingerprint density at radius 2 is 1.68 bits per heavy atom. The number of carbonyl (C=O) groups is 1. The summed E-state index contributed by atoms with van der Waals surface area (Å²) in [4.78, 5) is 16.5. The fraction of sp³-hybridized carbons (Fsp3) is 0.238. The maximum atomic E-state index is 12.0. The third-order valence-electron chi connectivity index (χ3n) is 4.08. The molecular weight excluding hydrogens is 312 g/mol. The zero-order valence-corrected chi connectivity index (χ0v) is 14.4. The van der Waals surface area contributed by atoms with Crippen LogP contribution in [0.25, 0.3) is 11.5 Å². The van der Waals surface area contributed by atoms with Gasteiger partial charge < -0.3 is 9.73 Å². The lowest BCUT2D eigenvalue weighted by Crippen LogP contribution is -2.26. The van der Waals surface area contributed by atoms with Crippen molar-refractivity contribution in [3.05, 3.63) is 77.7 Å². The van der Waals surface area contributed by atoms with Crippen molar-refractivity contribution in [1.29, 1.82) is 0 Å². The molecule has 0 aliphatic carbocycles. The van der Waals surface area contributed by atoms with Crippen LogP contribution in [-0.2, 0) is 17.6 Å². The van der Waals surface area contributed by atoms with E-state index in [0.29, 0.717) is 25.3 Å². The van der Waals surface area contributed by atoms with Crippen LogP contribution in [0, 0.1) is 6.92 Å². The second-order valence-corrected chi connectivity index (χ2v) is 5.97. The molecule has 2 aromatic carbocycles. The summed E-state index contributed by atoms with van der Waals surface area (Å²) in [6.07, 6.45) is 1.92. The first-order chi connectivity index (χ1) is 12.2. The zero-order chi connectivity index (χ0) is 17.5. The molecule has 4 heteroatoms. The van der Waals surface area contributed by atoms with Crippen LogP contribution in [0.3, 0.4) is 0 Å². The third kappa shape index (κ3) is 4.80. The molecule has 128 valence electrons. The van der Waals surface area contributed by atoms with Gasteiger partial charge in [-0.15, -0.1) is 0 Å². The van der Waals surface area contributed by atoms with Gasteiger partial charge in [0.1, 0.15) is 5.76 Å². The quantitative estimate of drug-likeness (QED) is 0.712. The summed E-state index contributed by atoms with van der Waals surface area (Å²) in [7, 11) is 0. The molecule has 1 amide bonds. The van der Waals surface area contributed by atoms with E-state index in [1.54, 1.807) is 0 Å². The van der Waals surface area contributed by atoms with E-state index in [1.807, 2.05) is 67.6 Å². The highest BCUT2D eigenvalue weighted by atomic mass is 16.4. The number of aryl methyl sites for hydroxylation is 2. The molecule has 0 atom stereocenters. The Balaban J connectivity index is 1.47. The number of nitrogens with one attached hydrogen (secondary N) is 1. The molecule has 4 nitrogen and oxygen atoms in total. The third-order valence-corrected chi connectivity index (χ3v) is 4.08. The Hall–Kier alpha value is -2.88. The highest BCUT2D eigenvalue weighted by Crippen LogP contribution is 2.21. The van der Waals surface area contributed by atoms with Crippen LogP contribution >= 0.6 is 0 Å². The van der Waals surface area contributed by atoms with Crippen LogP contribution in [0.5, 0.6) is 0 Å². The molecule has 0 aliphatic rings. The molecule has 1 N–H and O–H groups in total. The second kappa shape index (κ2) is 8.29. The summed E-state index contributed by atoms with van der Waals surface area (Å²) in [5.74, 6) is 1.49. The Labute approximate surface area is 147 Å². The van der Waals surface area contributed by atoms with Gasteiger partial charge in [0, 0.05) is 24.9 Å². The molecule has 0 aliphatic heterocycles. The minimum atomic E-state index is 0.0632. The van der Waals surface area contributed by atoms with Crippen molar-refractivity contribution in [2.45, 2.75) is 26.2 Å². The predicted octanol–water partition coefficient (Wildman–Crippen LogP) is 3.94. The molecule has 25 heavy (non-hydrogen) atoms. The normalized spacial score (nSPS) is 10.6. The highest BCUT2D eigenvalue weighted by molar-refractivity contribution is 5.76. The van der Waals surface area contributed by atoms with Crippen molar-refractivity contribution in [2.24, 2.45) is 0 Å². The van der Waals surface area contributed by atoms with E-state index >= 15 is 0 Å². The molecular formula is C21H22N2O2. The summed E-state index contributed by atoms with van der Waals surface area (Å²) in [6, 6.07) is 19.9. The zero-order valence-electron chi connectivity index (χ0n) is 14.4. The van der Waals surface area contributed by atoms with E-state index in [0.717, 1.165) is 23.4 Å². The number of oxazole rings is 1. The smallest absolute Gasteiger partial charge is 0.226 e. The van der Waals surface area contributed by atoms with Gasteiger partial charge in [-0.3, -0.25) is 4.79 Å². The summed E-state index contributed by atoms with van der Waals surface area (Å²) in [5.41, 5.74) is 3.03. The van der Waals surface area contributed by atoms with E-state index in [1.165, 1.54) is 5.56 Å². The number of hydrogen-bond donors (Lipinski definition) is 1. The predicted molar refractivity (Wildman–Crippen MR) is 98.2 cm³/mol. The van der Waals surface area contributed by atoms with Crippen molar-refractivity contribution in [3.63, 3.8) is 0 Å². The Bertz CT molecular complexity index is 810. The number of carbonyl (C=O) groups excluding carboxylic acids is 1. The van der Waals surface area contributed by atoms with Crippen LogP contribution in [-0.4, -0.2) is 17.4 Å². The van der Waals surface area contributed by atoms with Crippen LogP contribution < -0.4 is 5.32 Å². The molecule has 0 fully saturated rings. The highest BCUT2D eigenvalue weighted by Gasteiger charge is 2.11. The van der Waals surface area contributed by atoms with Gasteiger partial charge in [-0.1, -0.05) is 48.5 Å². The molecule has 0 saturated carbocycles. The van der Waals surface area contributed by atoms with Crippen molar-refractivity contribution in [2.75, 3.05) is 6.54 Å². The van der Waals surface area contributed by atoms with E-state index in [2.05, 4.69) is 10.3 Å². The largest absolute Gasteiger partial charge is 0.441 e. The van der Waals surface area contributed by atoms with Gasteiger partial charge >= 0.3 is 0 Å². The lowest BCUT2D eigenvalue weighted by molar-refractivity contribution is -0.121. The fourth-order valence-electron chi connectivity index (χ4n) is 2.68. The average Bonchev–Trinajstić information content (AvgIpc) is 3.02. The van der Waals surface area contributed by atoms with Gasteiger partial charge in [-0.2, -0.15) is 0 Å². The van der Waals surface area contributed by atoms with E-state index in [4.69, 9.17) is 4.42 Å². The van der Waals surface area contributed by atoms with Gasteiger partial charge in [-0.05, 0) is 31.0 Å². The van der Waals surface area contributed by atoms with Gasteiger partial charge in [0.15, 0.2) is 0 Å². The number of benzene rings is 2. The van der Waals surface area contributed by atoms with Gasteiger partial charge in [0.2, 0.25) is 11.8 Å². The van der Waals surface area contributed by atoms with Crippen LogP contribution in [0.1, 0.15) is 23.4 Å². The lowest BCUT2D eigenvalue weighted by atomic mass is 10.1. The molecule has 3 rings (SSSR count). The first kappa shape index (κ1) is 17.0. The number of aromatic nitrogens is 1. The minimum Gasteiger partial charge on any atom is -0.441 e. The topological polar surface area (TPSA) is 55.1 Å². The van der Waals surface area contributed by atoms with Gasteiger partial charge in [0.25, 0.3) is 0 Å². The second-order valence-electron chi connectivity index (χ2n) is 5.97. The van der Waals surface area contributed by atoms with Gasteiger partial charge in [-0.25, -0.2) is 4.98 Å². The van der Waals surface area contributed by atoms with E-state index in [9.17, 15) is 4.79 Å². The SMILES string of the molecule is Cc1oc(-c2ccccc2)nc1CCNC(=O)CCc1ccccc1. The molecule has 0 radical (unpaired) electrons. The van der Waals surface area contributed by atoms with Crippen LogP contribution in [0.15, 0.2) is 65.1 Å². The Kier molecular flexibility index (Phi) is 5.62. The number of amides is 1. The number of nitrogens with zero attached hydrogens (tertiary/aromatic N) is 1. The van der Waals surface area contributed by atoms with Crippen LogP contribution in [0.4, 0.5) is 0 Å². The number of rotatable bonds is 7. The molecule has 0 saturated heterocycles. The first-order valence-corrected chi connectivity index (χ1v) is 8.55. The molecule has 0 spiro atoms. The summed E-state index contributed by atoms with van der Waals surface area (Å²) in [6.45, 7) is 2.47. The fourth-order valence-corrected chi connectivity index (χ4v) is 2.68. The lowest BCUT2D eigenvalue weighted by Gasteiger charge is -2.04. The van der Waals surface area contributed by atoms with Crippen molar-refractivity contribution in [3.8, 4) is 11.5 Å². The Morgan fingerprint density at radius 1 is 1.00 bits per heavy atom. The van der Waals surface area contributed by atoms with E-state index < -0.39 is 0 Å². The van der Waals surface area contributed by atoms with Crippen molar-refractivity contribution < 1.29 is 9.21 Å². The summed E-state index contributed by atoms with van der Waals surface area (Å²) >= 11 is 0. The average molecular weight is 334 g/mol. The number of hydrogen-bond acceptors (Lipinski definition) is 3. The minimum absolute atomic E-state index is 0.0632. The Morgan fingerprint density at radius 3 is 2.40 bits per heavy atom. The van der Waals surface area contributed by atoms with Crippen LogP contribution in [0.2, 0.25) is 0 Å². The molecule has 0 unspecified atom stereocenters. The maximum absolute atomic E-state index is 12.0. The maximum Gasteiger partial charge on any atom is 0.226 e. The molecule has 0 bridgehead atoms. The molecule has 1 aromatic heterocycles.